The van der Waals surface area contributed by atoms with E-state index in [4.69, 9.17) is 16.1 Å². The summed E-state index contributed by atoms with van der Waals surface area (Å²) in [6.07, 6.45) is 1.40. The van der Waals surface area contributed by atoms with E-state index in [0.29, 0.717) is 22.5 Å². The van der Waals surface area contributed by atoms with E-state index in [9.17, 15) is 9.59 Å². The number of isocyanates is 1. The van der Waals surface area contributed by atoms with E-state index in [2.05, 4.69) is 25.0 Å². The van der Waals surface area contributed by atoms with E-state index in [-0.39, 0.29) is 12.5 Å². The quantitative estimate of drug-likeness (QED) is 0.163. The topological polar surface area (TPSA) is 171 Å². The Kier molecular flexibility index (Phi) is 10.2. The zero-order valence-corrected chi connectivity index (χ0v) is 18.7. The molecule has 0 radical (unpaired) electrons. The van der Waals surface area contributed by atoms with Gasteiger partial charge in [0.1, 0.15) is 14.8 Å². The normalized spacial score (nSPS) is 11.3. The fourth-order valence-electron chi connectivity index (χ4n) is 2.01. The molecule has 0 aromatic heterocycles. The maximum Gasteiger partial charge on any atom is 0.272 e. The van der Waals surface area contributed by atoms with Crippen LogP contribution in [0.2, 0.25) is 19.6 Å². The first-order valence-corrected chi connectivity index (χ1v) is 12.5. The Morgan fingerprint density at radius 2 is 1.72 bits per heavy atom. The lowest BCUT2D eigenvalue weighted by Crippen LogP contribution is -2.21. The Bertz CT molecular complexity index is 1160. The van der Waals surface area contributed by atoms with Crippen LogP contribution < -0.4 is 5.01 Å². The van der Waals surface area contributed by atoms with Crippen LogP contribution in [0.3, 0.4) is 0 Å². The minimum absolute atomic E-state index is 0.0801. The molecule has 0 N–H and O–H groups in total. The van der Waals surface area contributed by atoms with Gasteiger partial charge < -0.3 is 0 Å². The van der Waals surface area contributed by atoms with Gasteiger partial charge in [-0.2, -0.15) is 25.6 Å². The minimum Gasteiger partial charge on any atom is -0.270 e. The molecule has 0 atom stereocenters. The Labute approximate surface area is 185 Å². The first-order valence-electron chi connectivity index (χ1n) is 9.09. The van der Waals surface area contributed by atoms with Crippen molar-refractivity contribution >= 4 is 31.6 Å². The molecule has 0 saturated heterocycles. The predicted octanol–water partition coefficient (Wildman–Crippen LogP) is 4.93. The average molecular weight is 446 g/mol. The number of azide groups is 1. The summed E-state index contributed by atoms with van der Waals surface area (Å²) in [5.41, 5.74) is 9.92. The van der Waals surface area contributed by atoms with Gasteiger partial charge in [0, 0.05) is 0 Å². The molecule has 1 aliphatic heterocycles. The number of hydrogen-bond donors (Lipinski definition) is 0. The van der Waals surface area contributed by atoms with E-state index >= 15 is 0 Å². The van der Waals surface area contributed by atoms with Gasteiger partial charge in [-0.15, -0.1) is 4.78 Å². The van der Waals surface area contributed by atoms with Crippen LogP contribution in [0.25, 0.3) is 10.4 Å². The Morgan fingerprint density at radius 1 is 1.09 bits per heavy atom. The fourth-order valence-corrected chi connectivity index (χ4v) is 2.28. The van der Waals surface area contributed by atoms with Crippen molar-refractivity contribution in [2.24, 2.45) is 20.1 Å². The number of rotatable bonds is 3. The van der Waals surface area contributed by atoms with Crippen LogP contribution in [0.1, 0.15) is 11.1 Å². The molecule has 32 heavy (non-hydrogen) atoms. The van der Waals surface area contributed by atoms with Crippen LogP contribution in [0, 0.1) is 22.7 Å². The monoisotopic (exact) mass is 445 g/mol. The average Bonchev–Trinajstić information content (AvgIpc) is 3.20. The van der Waals surface area contributed by atoms with E-state index in [1.54, 1.807) is 42.5 Å². The number of aliphatic imine (C=N–C) groups is 1. The number of hydrogen-bond acceptors (Lipinski definition) is 8. The first kappa shape index (κ1) is 25.4. The van der Waals surface area contributed by atoms with Crippen LogP contribution in [0.5, 0.6) is 0 Å². The SMILES string of the molecule is C[Si](C)(C)N=[N+]=[N-].N#Cc1cccc(N2N=NCC2=O)c1.N#Cc1cccc(N=C=O)c1. The van der Waals surface area contributed by atoms with Gasteiger partial charge in [-0.05, 0) is 46.8 Å². The van der Waals surface area contributed by atoms with Crippen LogP contribution in [-0.4, -0.2) is 26.8 Å². The standard InChI is InChI=1S/C9H6N4O.C8H4N2O.C3H9N3Si/c10-5-7-2-1-3-8(4-7)13-9(14)6-11-12-13;9-5-7-2-1-3-8(4-7)10-6-11;1-7(2,3)6-5-4/h1-4H,6H2;1-4H;1-3H3. The number of anilines is 1. The summed E-state index contributed by atoms with van der Waals surface area (Å²) >= 11 is 0. The van der Waals surface area contributed by atoms with Crippen LogP contribution in [0.15, 0.2) is 68.6 Å². The minimum atomic E-state index is -1.45. The van der Waals surface area contributed by atoms with Gasteiger partial charge >= 0.3 is 0 Å². The van der Waals surface area contributed by atoms with E-state index < -0.39 is 8.24 Å². The lowest BCUT2D eigenvalue weighted by Gasteiger charge is -2.08. The molecule has 1 aliphatic rings. The molecular weight excluding hydrogens is 426 g/mol. The number of carbonyl (C=O) groups is 1. The van der Waals surface area contributed by atoms with Gasteiger partial charge in [0.25, 0.3) is 5.91 Å². The third-order valence-electron chi connectivity index (χ3n) is 3.31. The molecule has 2 aromatic carbocycles. The van der Waals surface area contributed by atoms with Crippen molar-refractivity contribution in [2.45, 2.75) is 19.6 Å². The van der Waals surface area contributed by atoms with Crippen molar-refractivity contribution in [3.8, 4) is 12.1 Å². The van der Waals surface area contributed by atoms with Crippen molar-refractivity contribution in [3.63, 3.8) is 0 Å². The molecule has 0 spiro atoms. The molecule has 11 nitrogen and oxygen atoms in total. The van der Waals surface area contributed by atoms with Crippen LogP contribution in [0.4, 0.5) is 11.4 Å². The lowest BCUT2D eigenvalue weighted by atomic mass is 10.2. The van der Waals surface area contributed by atoms with Gasteiger partial charge in [-0.1, -0.05) is 37.0 Å². The summed E-state index contributed by atoms with van der Waals surface area (Å²) < 4.78 is 3.58. The van der Waals surface area contributed by atoms with Crippen molar-refractivity contribution < 1.29 is 9.59 Å². The molecule has 2 aromatic rings. The Hall–Kier alpha value is -4.60. The summed E-state index contributed by atoms with van der Waals surface area (Å²) in [6.45, 7) is 6.06. The van der Waals surface area contributed by atoms with Crippen molar-refractivity contribution in [3.05, 3.63) is 70.1 Å². The maximum atomic E-state index is 11.2. The number of benzene rings is 2. The highest BCUT2D eigenvalue weighted by molar-refractivity contribution is 6.74. The number of nitriles is 2. The van der Waals surface area contributed by atoms with Crippen LogP contribution >= 0.6 is 0 Å². The molecule has 160 valence electrons. The summed E-state index contributed by atoms with van der Waals surface area (Å²) in [4.78, 5) is 27.1. The molecular formula is C20H19N9O2Si. The number of carbonyl (C=O) groups excluding carboxylic acids is 2. The molecule has 12 heteroatoms. The Morgan fingerprint density at radius 3 is 2.19 bits per heavy atom. The van der Waals surface area contributed by atoms with E-state index in [1.807, 2.05) is 31.8 Å². The summed E-state index contributed by atoms with van der Waals surface area (Å²) in [6, 6.07) is 17.1. The summed E-state index contributed by atoms with van der Waals surface area (Å²) in [5, 5.41) is 25.6. The van der Waals surface area contributed by atoms with Gasteiger partial charge in [-0.3, -0.25) is 4.79 Å². The third-order valence-corrected chi connectivity index (χ3v) is 4.00. The summed E-state index contributed by atoms with van der Waals surface area (Å²) in [7, 11) is -1.45. The third kappa shape index (κ3) is 9.26. The maximum absolute atomic E-state index is 11.2. The smallest absolute Gasteiger partial charge is 0.270 e. The first-order chi connectivity index (χ1) is 15.2. The van der Waals surface area contributed by atoms with E-state index in [1.165, 1.54) is 17.2 Å². The highest BCUT2D eigenvalue weighted by Crippen LogP contribution is 2.19. The van der Waals surface area contributed by atoms with Gasteiger partial charge in [0.15, 0.2) is 0 Å². The molecule has 0 saturated carbocycles. The molecule has 0 aliphatic carbocycles. The molecule has 0 bridgehead atoms. The molecule has 3 rings (SSSR count). The number of amides is 1. The molecule has 0 unspecified atom stereocenters. The second-order valence-corrected chi connectivity index (χ2v) is 11.5. The molecule has 0 fully saturated rings. The van der Waals surface area contributed by atoms with Crippen molar-refractivity contribution in [2.75, 3.05) is 11.6 Å². The fraction of sp³-hybridized carbons (Fsp3) is 0.200. The van der Waals surface area contributed by atoms with E-state index in [0.717, 1.165) is 0 Å². The summed E-state index contributed by atoms with van der Waals surface area (Å²) in [5.74, 6) is -0.180. The largest absolute Gasteiger partial charge is 0.272 e. The van der Waals surface area contributed by atoms with Gasteiger partial charge in [0.2, 0.25) is 6.08 Å². The highest BCUT2D eigenvalue weighted by Gasteiger charge is 2.19. The van der Waals surface area contributed by atoms with Crippen molar-refractivity contribution in [1.82, 2.24) is 0 Å². The molecule has 1 heterocycles. The Balaban J connectivity index is 0.000000256. The van der Waals surface area contributed by atoms with Gasteiger partial charge in [-0.25, -0.2) is 4.79 Å². The number of nitrogens with zero attached hydrogens (tertiary/aromatic N) is 9. The van der Waals surface area contributed by atoms with Gasteiger partial charge in [0.05, 0.1) is 34.6 Å². The highest BCUT2D eigenvalue weighted by atomic mass is 28.3. The van der Waals surface area contributed by atoms with Crippen LogP contribution in [-0.2, 0) is 9.59 Å². The second kappa shape index (κ2) is 12.9. The zero-order chi connectivity index (χ0) is 24.0. The molecule has 1 amide bonds. The lowest BCUT2D eigenvalue weighted by molar-refractivity contribution is -0.116. The van der Waals surface area contributed by atoms with Crippen molar-refractivity contribution in [1.29, 1.82) is 10.5 Å². The predicted molar refractivity (Wildman–Crippen MR) is 120 cm³/mol. The zero-order valence-electron chi connectivity index (χ0n) is 17.7. The second-order valence-electron chi connectivity index (χ2n) is 6.98.